The first-order valence-corrected chi connectivity index (χ1v) is 10.1. The minimum Gasteiger partial charge on any atom is -0.464 e. The van der Waals surface area contributed by atoms with Gasteiger partial charge in [-0.15, -0.1) is 12.0 Å². The van der Waals surface area contributed by atoms with Crippen molar-refractivity contribution < 1.29 is 28.7 Å². The number of methoxy groups -OCH3 is 2. The molecule has 0 amide bonds. The molecule has 0 rings (SSSR count). The number of carbonyl (C=O) groups is 2. The quantitative estimate of drug-likeness (QED) is 0.244. The third-order valence-corrected chi connectivity index (χ3v) is 2.69. The molecule has 8 nitrogen and oxygen atoms in total. The molecule has 132 valence electrons. The van der Waals surface area contributed by atoms with Gasteiger partial charge in [-0.25, -0.2) is 9.59 Å². The van der Waals surface area contributed by atoms with Crippen molar-refractivity contribution in [2.75, 3.05) is 28.4 Å². The highest BCUT2D eigenvalue weighted by Crippen LogP contribution is 1.96. The number of esters is 2. The van der Waals surface area contributed by atoms with Gasteiger partial charge >= 0.3 is 11.9 Å². The normalized spacial score (nSPS) is 10.8. The molecule has 0 unspecified atom stereocenters. The van der Waals surface area contributed by atoms with Gasteiger partial charge in [-0.1, -0.05) is 30.0 Å². The number of ether oxygens (including phenoxy) is 2. The maximum atomic E-state index is 11.1. The van der Waals surface area contributed by atoms with E-state index in [0.717, 1.165) is 0 Å². The molecule has 0 aliphatic carbocycles. The number of carbonyl (C=O) groups excluding carboxylic acids is 2. The maximum absolute atomic E-state index is 11.1. The van der Waals surface area contributed by atoms with Crippen LogP contribution >= 0.6 is 0 Å². The van der Waals surface area contributed by atoms with E-state index in [1.54, 1.807) is 0 Å². The van der Waals surface area contributed by atoms with Gasteiger partial charge in [-0.2, -0.15) is 0 Å². The van der Waals surface area contributed by atoms with Crippen molar-refractivity contribution >= 4 is 31.4 Å². The van der Waals surface area contributed by atoms with Gasteiger partial charge in [0.25, 0.3) is 0 Å². The van der Waals surface area contributed by atoms with Crippen LogP contribution in [0.1, 0.15) is 0 Å². The molecule has 9 heteroatoms. The van der Waals surface area contributed by atoms with Gasteiger partial charge in [-0.3, -0.25) is 0 Å². The van der Waals surface area contributed by atoms with Crippen molar-refractivity contribution in [3.8, 4) is 23.8 Å². The van der Waals surface area contributed by atoms with Gasteiger partial charge in [0.05, 0.1) is 14.2 Å². The van der Waals surface area contributed by atoms with Crippen molar-refractivity contribution in [3.63, 3.8) is 0 Å². The van der Waals surface area contributed by atoms with Crippen molar-refractivity contribution in [1.82, 2.24) is 0 Å². The molecular formula is C15H22N2O6Si. The van der Waals surface area contributed by atoms with E-state index < -0.39 is 20.0 Å². The van der Waals surface area contributed by atoms with E-state index in [9.17, 15) is 9.59 Å². The number of hydrogen-bond donors (Lipinski definition) is 0. The summed E-state index contributed by atoms with van der Waals surface area (Å²) in [5, 5.41) is 6.71. The molecule has 0 bridgehead atoms. The summed E-state index contributed by atoms with van der Waals surface area (Å²) in [6.45, 7) is 6.21. The summed E-state index contributed by atoms with van der Waals surface area (Å²) < 4.78 is 8.76. The highest BCUT2D eigenvalue weighted by molar-refractivity contribution is 6.84. The number of nitrogens with zero attached hydrogens (tertiary/aromatic N) is 2. The molecule has 0 aromatic heterocycles. The zero-order valence-corrected chi connectivity index (χ0v) is 15.9. The van der Waals surface area contributed by atoms with Crippen LogP contribution in [0.25, 0.3) is 0 Å². The Kier molecular flexibility index (Phi) is 12.5. The Morgan fingerprint density at radius 3 is 1.62 bits per heavy atom. The molecule has 0 atom stereocenters. The Hall–Kier alpha value is -2.78. The van der Waals surface area contributed by atoms with E-state index in [2.05, 4.69) is 60.6 Å². The summed E-state index contributed by atoms with van der Waals surface area (Å²) in [6, 6.07) is 0. The van der Waals surface area contributed by atoms with Gasteiger partial charge in [-0.05, 0) is 11.8 Å². The molecule has 0 radical (unpaired) electrons. The lowest BCUT2D eigenvalue weighted by atomic mass is 10.4. The van der Waals surface area contributed by atoms with Crippen LogP contribution in [0.15, 0.2) is 10.3 Å². The Labute approximate surface area is 143 Å². The minimum atomic E-state index is -1.51. The Balaban J connectivity index is 0. The van der Waals surface area contributed by atoms with Gasteiger partial charge < -0.3 is 19.1 Å². The van der Waals surface area contributed by atoms with E-state index in [0.29, 0.717) is 0 Å². The molecule has 0 aromatic carbocycles. The highest BCUT2D eigenvalue weighted by Gasteiger charge is 2.12. The lowest BCUT2D eigenvalue weighted by molar-refractivity contribution is -0.133. The average molecular weight is 354 g/mol. The first-order chi connectivity index (χ1) is 11.2. The van der Waals surface area contributed by atoms with Gasteiger partial charge in [0, 0.05) is 0 Å². The fourth-order valence-electron chi connectivity index (χ4n) is 0.856. The van der Waals surface area contributed by atoms with Crippen LogP contribution in [-0.2, 0) is 28.7 Å². The fraction of sp³-hybridized carbons (Fsp3) is 0.467. The van der Waals surface area contributed by atoms with E-state index in [-0.39, 0.29) is 11.4 Å². The van der Waals surface area contributed by atoms with Crippen LogP contribution in [0.4, 0.5) is 0 Å². The Morgan fingerprint density at radius 1 is 0.875 bits per heavy atom. The second-order valence-corrected chi connectivity index (χ2v) is 9.62. The number of oxime groups is 2. The van der Waals surface area contributed by atoms with Crippen molar-refractivity contribution in [2.45, 2.75) is 19.6 Å². The van der Waals surface area contributed by atoms with Crippen molar-refractivity contribution in [1.29, 1.82) is 0 Å². The van der Waals surface area contributed by atoms with Crippen LogP contribution in [0.2, 0.25) is 19.6 Å². The largest absolute Gasteiger partial charge is 0.464 e. The maximum Gasteiger partial charge on any atom is 0.368 e. The SMILES string of the molecule is C#C/C(=N\OC)C(=O)OC.CO/N=C(\C#C[Si](C)(C)C)C(=O)OC. The molecular weight excluding hydrogens is 332 g/mol. The van der Waals surface area contributed by atoms with Crippen LogP contribution in [0, 0.1) is 23.8 Å². The molecule has 0 aliphatic rings. The lowest BCUT2D eigenvalue weighted by Crippen LogP contribution is -2.19. The Morgan fingerprint density at radius 2 is 1.29 bits per heavy atom. The summed E-state index contributed by atoms with van der Waals surface area (Å²) >= 11 is 0. The summed E-state index contributed by atoms with van der Waals surface area (Å²) in [6.07, 6.45) is 4.87. The zero-order chi connectivity index (χ0) is 19.2. The number of terminal acetylenes is 1. The van der Waals surface area contributed by atoms with Gasteiger partial charge in [0.1, 0.15) is 22.3 Å². The van der Waals surface area contributed by atoms with E-state index in [1.165, 1.54) is 28.4 Å². The summed E-state index contributed by atoms with van der Waals surface area (Å²) in [5.74, 6) is 3.43. The summed E-state index contributed by atoms with van der Waals surface area (Å²) in [4.78, 5) is 30.4. The topological polar surface area (TPSA) is 95.8 Å². The predicted octanol–water partition coefficient (Wildman–Crippen LogP) is 0.838. The molecule has 0 saturated carbocycles. The lowest BCUT2D eigenvalue weighted by Gasteiger charge is -2.03. The number of rotatable bonds is 4. The van der Waals surface area contributed by atoms with Gasteiger partial charge in [0.15, 0.2) is 0 Å². The number of hydrogen-bond acceptors (Lipinski definition) is 8. The first kappa shape index (κ1) is 23.5. The standard InChI is InChI=1S/C9H15NO3Si.C6H7NO3/c1-12-9(11)8(10-13-2)6-7-14(3,4)5;1-4-5(7-10-3)6(8)9-2/h1-5H3;1H,2-3H3/b10-8+;7-5+. The molecule has 0 fully saturated rings. The van der Waals surface area contributed by atoms with Crippen molar-refractivity contribution in [3.05, 3.63) is 0 Å². The zero-order valence-electron chi connectivity index (χ0n) is 14.9. The van der Waals surface area contributed by atoms with Crippen LogP contribution in [0.5, 0.6) is 0 Å². The van der Waals surface area contributed by atoms with Crippen LogP contribution in [-0.4, -0.2) is 59.9 Å². The smallest absolute Gasteiger partial charge is 0.368 e. The van der Waals surface area contributed by atoms with Gasteiger partial charge in [0.2, 0.25) is 11.4 Å². The fourth-order valence-corrected chi connectivity index (χ4v) is 1.35. The molecule has 0 heterocycles. The van der Waals surface area contributed by atoms with E-state index in [4.69, 9.17) is 6.42 Å². The third-order valence-electron chi connectivity index (χ3n) is 1.82. The minimum absolute atomic E-state index is 0.0115. The molecule has 24 heavy (non-hydrogen) atoms. The first-order valence-electron chi connectivity index (χ1n) is 6.55. The third kappa shape index (κ3) is 11.8. The molecule has 0 N–H and O–H groups in total. The van der Waals surface area contributed by atoms with Crippen molar-refractivity contribution in [2.24, 2.45) is 10.3 Å². The van der Waals surface area contributed by atoms with E-state index >= 15 is 0 Å². The highest BCUT2D eigenvalue weighted by atomic mass is 28.3. The predicted molar refractivity (Wildman–Crippen MR) is 92.9 cm³/mol. The molecule has 0 aliphatic heterocycles. The molecule has 0 saturated heterocycles. The van der Waals surface area contributed by atoms with Crippen LogP contribution in [0.3, 0.4) is 0 Å². The van der Waals surface area contributed by atoms with Crippen LogP contribution < -0.4 is 0 Å². The Bertz CT molecular complexity index is 588. The molecule has 0 aromatic rings. The summed E-state index contributed by atoms with van der Waals surface area (Å²) in [7, 11) is 3.63. The molecule has 0 spiro atoms. The second-order valence-electron chi connectivity index (χ2n) is 4.87. The summed E-state index contributed by atoms with van der Waals surface area (Å²) in [5.41, 5.74) is 2.83. The monoisotopic (exact) mass is 354 g/mol. The average Bonchev–Trinajstić information content (AvgIpc) is 2.54. The second kappa shape index (κ2) is 12.7. The van der Waals surface area contributed by atoms with E-state index in [1.807, 2.05) is 5.92 Å².